The summed E-state index contributed by atoms with van der Waals surface area (Å²) in [6.45, 7) is 5.41. The van der Waals surface area contributed by atoms with Gasteiger partial charge in [0.25, 0.3) is 0 Å². The molecule has 124 valence electrons. The van der Waals surface area contributed by atoms with E-state index in [1.807, 2.05) is 59.5 Å². The van der Waals surface area contributed by atoms with Crippen LogP contribution in [0.1, 0.15) is 12.0 Å². The Kier molecular flexibility index (Phi) is 4.85. The fraction of sp³-hybridized carbons (Fsp3) is 0.250. The third kappa shape index (κ3) is 3.27. The van der Waals surface area contributed by atoms with Crippen LogP contribution in [0.3, 0.4) is 0 Å². The monoisotopic (exact) mass is 322 g/mol. The van der Waals surface area contributed by atoms with Crippen LogP contribution in [0, 0.1) is 5.92 Å². The smallest absolute Gasteiger partial charge is 0.236 e. The van der Waals surface area contributed by atoms with Crippen molar-refractivity contribution in [2.24, 2.45) is 5.92 Å². The summed E-state index contributed by atoms with van der Waals surface area (Å²) in [5.41, 5.74) is 2.76. The fourth-order valence-corrected chi connectivity index (χ4v) is 3.05. The molecule has 1 N–H and O–H groups in total. The molecule has 0 aromatic heterocycles. The molecule has 4 heteroatoms. The van der Waals surface area contributed by atoms with E-state index in [1.54, 1.807) is 7.11 Å². The van der Waals surface area contributed by atoms with Crippen LogP contribution < -0.4 is 15.0 Å². The number of hydrogen-bond acceptors (Lipinski definition) is 3. The maximum absolute atomic E-state index is 12.7. The van der Waals surface area contributed by atoms with Crippen LogP contribution in [-0.2, 0) is 11.3 Å². The first-order chi connectivity index (χ1) is 11.7. The van der Waals surface area contributed by atoms with Crippen LogP contribution in [0.2, 0.25) is 0 Å². The Hall–Kier alpha value is -2.75. The van der Waals surface area contributed by atoms with Gasteiger partial charge < -0.3 is 15.0 Å². The minimum Gasteiger partial charge on any atom is -0.496 e. The second kappa shape index (κ2) is 7.21. The van der Waals surface area contributed by atoms with Gasteiger partial charge in [0.1, 0.15) is 5.75 Å². The standard InChI is InChI=1S/C20H22N2O2/c1-15(21-14-16-8-6-7-11-19(16)24-2)18-12-13-22(20(18)23)17-9-4-3-5-10-17/h3-11,18,21H,1,12-14H2,2H3. The molecule has 1 heterocycles. The largest absolute Gasteiger partial charge is 0.496 e. The summed E-state index contributed by atoms with van der Waals surface area (Å²) in [6, 6.07) is 17.6. The topological polar surface area (TPSA) is 41.6 Å². The molecule has 4 nitrogen and oxygen atoms in total. The average Bonchev–Trinajstić information content (AvgIpc) is 3.02. The number of hydrogen-bond donors (Lipinski definition) is 1. The summed E-state index contributed by atoms with van der Waals surface area (Å²) in [7, 11) is 1.66. The summed E-state index contributed by atoms with van der Waals surface area (Å²) >= 11 is 0. The van der Waals surface area contributed by atoms with E-state index in [0.717, 1.165) is 35.7 Å². The predicted molar refractivity (Wildman–Crippen MR) is 95.9 cm³/mol. The van der Waals surface area contributed by atoms with Crippen molar-refractivity contribution in [1.29, 1.82) is 0 Å². The Bertz CT molecular complexity index is 727. The lowest BCUT2D eigenvalue weighted by Crippen LogP contribution is -2.30. The minimum absolute atomic E-state index is 0.110. The van der Waals surface area contributed by atoms with Gasteiger partial charge in [0.05, 0.1) is 13.0 Å². The van der Waals surface area contributed by atoms with Gasteiger partial charge in [-0.1, -0.05) is 43.0 Å². The molecular formula is C20H22N2O2. The third-order valence-electron chi connectivity index (χ3n) is 4.39. The number of benzene rings is 2. The first-order valence-corrected chi connectivity index (χ1v) is 8.11. The molecule has 1 aliphatic heterocycles. The molecule has 0 radical (unpaired) electrons. The number of nitrogens with one attached hydrogen (secondary N) is 1. The number of rotatable bonds is 6. The van der Waals surface area contributed by atoms with E-state index in [0.29, 0.717) is 6.54 Å². The van der Waals surface area contributed by atoms with Crippen LogP contribution in [0.4, 0.5) is 5.69 Å². The van der Waals surface area contributed by atoms with Crippen molar-refractivity contribution in [2.45, 2.75) is 13.0 Å². The molecule has 3 rings (SSSR count). The number of methoxy groups -OCH3 is 1. The molecular weight excluding hydrogens is 300 g/mol. The van der Waals surface area contributed by atoms with Gasteiger partial charge in [-0.25, -0.2) is 0 Å². The third-order valence-corrected chi connectivity index (χ3v) is 4.39. The van der Waals surface area contributed by atoms with Gasteiger partial charge >= 0.3 is 0 Å². The molecule has 0 bridgehead atoms. The summed E-state index contributed by atoms with van der Waals surface area (Å²) < 4.78 is 5.35. The normalized spacial score (nSPS) is 17.0. The van der Waals surface area contributed by atoms with Gasteiger partial charge in [0.15, 0.2) is 0 Å². The molecule has 2 aromatic rings. The van der Waals surface area contributed by atoms with Crippen molar-refractivity contribution in [2.75, 3.05) is 18.6 Å². The minimum atomic E-state index is -0.181. The van der Waals surface area contributed by atoms with Gasteiger partial charge in [-0.2, -0.15) is 0 Å². The van der Waals surface area contributed by atoms with Crippen LogP contribution in [0.25, 0.3) is 0 Å². The summed E-state index contributed by atoms with van der Waals surface area (Å²) in [6.07, 6.45) is 0.783. The molecule has 1 fully saturated rings. The fourth-order valence-electron chi connectivity index (χ4n) is 3.05. The Morgan fingerprint density at radius 3 is 2.67 bits per heavy atom. The molecule has 2 aromatic carbocycles. The van der Waals surface area contributed by atoms with Crippen LogP contribution in [0.15, 0.2) is 66.9 Å². The first kappa shape index (κ1) is 16.1. The Balaban J connectivity index is 1.63. The van der Waals surface area contributed by atoms with E-state index in [-0.39, 0.29) is 11.8 Å². The van der Waals surface area contributed by atoms with E-state index < -0.39 is 0 Å². The number of ether oxygens (including phenoxy) is 1. The zero-order valence-corrected chi connectivity index (χ0v) is 13.9. The summed E-state index contributed by atoms with van der Waals surface area (Å²) in [5, 5.41) is 3.30. The first-order valence-electron chi connectivity index (χ1n) is 8.11. The number of anilines is 1. The van der Waals surface area contributed by atoms with Gasteiger partial charge in [-0.05, 0) is 24.6 Å². The summed E-state index contributed by atoms with van der Waals surface area (Å²) in [4.78, 5) is 14.5. The van der Waals surface area contributed by atoms with E-state index in [1.165, 1.54) is 0 Å². The van der Waals surface area contributed by atoms with Crippen molar-refractivity contribution in [1.82, 2.24) is 5.32 Å². The van der Waals surface area contributed by atoms with E-state index in [2.05, 4.69) is 11.9 Å². The summed E-state index contributed by atoms with van der Waals surface area (Å²) in [5.74, 6) is 0.764. The number of para-hydroxylation sites is 2. The maximum Gasteiger partial charge on any atom is 0.236 e. The Morgan fingerprint density at radius 2 is 1.92 bits per heavy atom. The Labute approximate surface area is 142 Å². The van der Waals surface area contributed by atoms with Crippen LogP contribution in [-0.4, -0.2) is 19.6 Å². The van der Waals surface area contributed by atoms with E-state index in [4.69, 9.17) is 4.74 Å². The predicted octanol–water partition coefficient (Wildman–Crippen LogP) is 3.35. The number of carbonyl (C=O) groups excluding carboxylic acids is 1. The molecule has 1 saturated heterocycles. The van der Waals surface area contributed by atoms with Crippen LogP contribution in [0.5, 0.6) is 5.75 Å². The quantitative estimate of drug-likeness (QED) is 0.887. The Morgan fingerprint density at radius 1 is 1.21 bits per heavy atom. The molecule has 1 aliphatic rings. The second-order valence-corrected chi connectivity index (χ2v) is 5.86. The zero-order valence-electron chi connectivity index (χ0n) is 13.9. The lowest BCUT2D eigenvalue weighted by molar-refractivity contribution is -0.119. The molecule has 1 amide bonds. The van der Waals surface area contributed by atoms with Gasteiger partial charge in [-0.3, -0.25) is 4.79 Å². The van der Waals surface area contributed by atoms with E-state index >= 15 is 0 Å². The highest BCUT2D eigenvalue weighted by Gasteiger charge is 2.34. The SMILES string of the molecule is C=C(NCc1ccccc1OC)C1CCN(c2ccccc2)C1=O. The van der Waals surface area contributed by atoms with Crippen molar-refractivity contribution in [3.63, 3.8) is 0 Å². The second-order valence-electron chi connectivity index (χ2n) is 5.86. The molecule has 0 saturated carbocycles. The van der Waals surface area contributed by atoms with Gasteiger partial charge in [0.2, 0.25) is 5.91 Å². The van der Waals surface area contributed by atoms with Crippen molar-refractivity contribution >= 4 is 11.6 Å². The van der Waals surface area contributed by atoms with Crippen LogP contribution >= 0.6 is 0 Å². The highest BCUT2D eigenvalue weighted by atomic mass is 16.5. The zero-order chi connectivity index (χ0) is 16.9. The molecule has 1 atom stereocenters. The van der Waals surface area contributed by atoms with Crippen molar-refractivity contribution in [3.05, 3.63) is 72.4 Å². The highest BCUT2D eigenvalue weighted by Crippen LogP contribution is 2.28. The molecule has 0 aliphatic carbocycles. The number of amides is 1. The lowest BCUT2D eigenvalue weighted by atomic mass is 10.0. The van der Waals surface area contributed by atoms with Crippen molar-refractivity contribution < 1.29 is 9.53 Å². The number of carbonyl (C=O) groups is 1. The lowest BCUT2D eigenvalue weighted by Gasteiger charge is -2.19. The van der Waals surface area contributed by atoms with E-state index in [9.17, 15) is 4.79 Å². The molecule has 0 spiro atoms. The molecule has 1 unspecified atom stereocenters. The highest BCUT2D eigenvalue weighted by molar-refractivity contribution is 5.98. The maximum atomic E-state index is 12.7. The average molecular weight is 322 g/mol. The molecule has 24 heavy (non-hydrogen) atoms. The van der Waals surface area contributed by atoms with Gasteiger partial charge in [0, 0.05) is 30.0 Å². The van der Waals surface area contributed by atoms with Crippen molar-refractivity contribution in [3.8, 4) is 5.75 Å². The number of nitrogens with zero attached hydrogens (tertiary/aromatic N) is 1. The van der Waals surface area contributed by atoms with Gasteiger partial charge in [-0.15, -0.1) is 0 Å².